The monoisotopic (exact) mass is 563 g/mol. The van der Waals surface area contributed by atoms with Gasteiger partial charge in [0.05, 0.1) is 0 Å². The molecule has 0 aliphatic carbocycles. The zero-order valence-electron chi connectivity index (χ0n) is 26.6. The van der Waals surface area contributed by atoms with Crippen molar-refractivity contribution >= 4 is 17.7 Å². The highest BCUT2D eigenvalue weighted by molar-refractivity contribution is 5.91. The molecule has 1 aliphatic rings. The van der Waals surface area contributed by atoms with Gasteiger partial charge in [-0.2, -0.15) is 0 Å². The molecule has 0 saturated carbocycles. The molecule has 5 aromatic rings. The lowest BCUT2D eigenvalue weighted by molar-refractivity contribution is -0.482. The summed E-state index contributed by atoms with van der Waals surface area (Å²) in [5.41, 5.74) is 15.7. The van der Waals surface area contributed by atoms with Crippen LogP contribution in [0.15, 0.2) is 109 Å². The quantitative estimate of drug-likeness (QED) is 0.186. The van der Waals surface area contributed by atoms with Crippen molar-refractivity contribution in [2.75, 3.05) is 4.90 Å². The van der Waals surface area contributed by atoms with Crippen LogP contribution in [0.2, 0.25) is 0 Å². The maximum Gasteiger partial charge on any atom is 0.245 e. The Balaban J connectivity index is 1.67. The zero-order valence-corrected chi connectivity index (χ0v) is 26.6. The highest BCUT2D eigenvalue weighted by Gasteiger charge is 2.47. The molecule has 2 heteroatoms. The van der Waals surface area contributed by atoms with Crippen LogP contribution in [0.5, 0.6) is 0 Å². The molecule has 2 nitrogen and oxygen atoms in total. The maximum absolute atomic E-state index is 2.57. The fourth-order valence-electron chi connectivity index (χ4n) is 7.28. The minimum atomic E-state index is 0.0662. The van der Waals surface area contributed by atoms with Crippen molar-refractivity contribution < 1.29 is 4.58 Å². The number of benzene rings is 5. The summed E-state index contributed by atoms with van der Waals surface area (Å²) in [6.07, 6.45) is 2.40. The SMILES string of the molecule is Cc1cc(C)c(-c2ccccc2N2C=[N+](c3c(C)cc(C)cc3C(C)C)[C@@H](c3ccccc3)[C@@H]2c2ccccc2)c(C)c1. The minimum absolute atomic E-state index is 0.0662. The van der Waals surface area contributed by atoms with E-state index in [0.717, 1.165) is 0 Å². The molecule has 0 amide bonds. The fourth-order valence-corrected chi connectivity index (χ4v) is 7.28. The Kier molecular flexibility index (Phi) is 7.79. The van der Waals surface area contributed by atoms with Gasteiger partial charge in [-0.05, 0) is 68.9 Å². The van der Waals surface area contributed by atoms with Crippen molar-refractivity contribution in [3.63, 3.8) is 0 Å². The second-order valence-corrected chi connectivity index (χ2v) is 12.6. The van der Waals surface area contributed by atoms with Crippen LogP contribution in [0.3, 0.4) is 0 Å². The highest BCUT2D eigenvalue weighted by Crippen LogP contribution is 2.49. The van der Waals surface area contributed by atoms with Gasteiger partial charge < -0.3 is 0 Å². The lowest BCUT2D eigenvalue weighted by Gasteiger charge is -2.27. The minimum Gasteiger partial charge on any atom is -0.221 e. The number of anilines is 1. The van der Waals surface area contributed by atoms with E-state index >= 15 is 0 Å². The molecular formula is C41H43N2+. The maximum atomic E-state index is 2.57. The summed E-state index contributed by atoms with van der Waals surface area (Å²) in [6, 6.07) is 40.6. The number of nitrogens with zero attached hydrogens (tertiary/aromatic N) is 2. The van der Waals surface area contributed by atoms with Gasteiger partial charge in [-0.3, -0.25) is 0 Å². The molecule has 0 saturated heterocycles. The van der Waals surface area contributed by atoms with Crippen LogP contribution < -0.4 is 4.90 Å². The second kappa shape index (κ2) is 11.7. The van der Waals surface area contributed by atoms with Crippen LogP contribution in [0.25, 0.3) is 11.1 Å². The molecule has 0 N–H and O–H groups in total. The van der Waals surface area contributed by atoms with Crippen molar-refractivity contribution in [3.05, 3.63) is 154 Å². The molecule has 1 heterocycles. The summed E-state index contributed by atoms with van der Waals surface area (Å²) < 4.78 is 2.57. The molecule has 0 aromatic heterocycles. The molecule has 43 heavy (non-hydrogen) atoms. The third kappa shape index (κ3) is 5.31. The summed E-state index contributed by atoms with van der Waals surface area (Å²) in [6.45, 7) is 15.8. The average molecular weight is 564 g/mol. The van der Waals surface area contributed by atoms with Crippen LogP contribution in [0, 0.1) is 34.6 Å². The first-order chi connectivity index (χ1) is 20.7. The molecule has 0 fully saturated rings. The Morgan fingerprint density at radius 1 is 0.605 bits per heavy atom. The molecule has 216 valence electrons. The number of aryl methyl sites for hydroxylation is 5. The van der Waals surface area contributed by atoms with Crippen LogP contribution in [0.4, 0.5) is 11.4 Å². The molecule has 0 spiro atoms. The number of hydrogen-bond acceptors (Lipinski definition) is 1. The first-order valence-electron chi connectivity index (χ1n) is 15.5. The van der Waals surface area contributed by atoms with Gasteiger partial charge in [0.15, 0.2) is 12.1 Å². The summed E-state index contributed by atoms with van der Waals surface area (Å²) in [5, 5.41) is 0. The lowest BCUT2D eigenvalue weighted by atomic mass is 9.89. The standard InChI is InChI=1S/C41H43N2/c1-27(2)36-25-29(4)24-32(7)39(36)43-26-42(37-21-15-14-20-35(37)38-30(5)22-28(3)23-31(38)6)40(33-16-10-8-11-17-33)41(43)34-18-12-9-13-19-34/h8-27,40-41H,1-7H3/q+1/t40-,41-/m0/s1. The van der Waals surface area contributed by atoms with Gasteiger partial charge in [-0.1, -0.05) is 128 Å². The Bertz CT molecular complexity index is 1770. The van der Waals surface area contributed by atoms with Gasteiger partial charge in [0, 0.05) is 22.3 Å². The Labute approximate surface area is 258 Å². The van der Waals surface area contributed by atoms with E-state index in [1.165, 1.54) is 67.0 Å². The predicted molar refractivity (Wildman–Crippen MR) is 183 cm³/mol. The van der Waals surface area contributed by atoms with Gasteiger partial charge >= 0.3 is 0 Å². The average Bonchev–Trinajstić information content (AvgIpc) is 3.37. The fraction of sp³-hybridized carbons (Fsp3) is 0.244. The summed E-state index contributed by atoms with van der Waals surface area (Å²) >= 11 is 0. The van der Waals surface area contributed by atoms with Crippen molar-refractivity contribution in [2.24, 2.45) is 0 Å². The normalized spacial score (nSPS) is 16.6. The van der Waals surface area contributed by atoms with Crippen LogP contribution in [-0.2, 0) is 0 Å². The first-order valence-corrected chi connectivity index (χ1v) is 15.5. The van der Waals surface area contributed by atoms with E-state index in [9.17, 15) is 0 Å². The van der Waals surface area contributed by atoms with E-state index in [0.29, 0.717) is 5.92 Å². The highest BCUT2D eigenvalue weighted by atomic mass is 15.3. The Hall–Kier alpha value is -4.43. The first kappa shape index (κ1) is 28.7. The largest absolute Gasteiger partial charge is 0.245 e. The Morgan fingerprint density at radius 3 is 1.77 bits per heavy atom. The summed E-state index contributed by atoms with van der Waals surface area (Å²) in [4.78, 5) is 2.55. The zero-order chi connectivity index (χ0) is 30.2. The van der Waals surface area contributed by atoms with E-state index in [1.54, 1.807) is 0 Å². The number of para-hydroxylation sites is 1. The lowest BCUT2D eigenvalue weighted by Crippen LogP contribution is -2.26. The van der Waals surface area contributed by atoms with Crippen molar-refractivity contribution in [2.45, 2.75) is 66.5 Å². The summed E-state index contributed by atoms with van der Waals surface area (Å²) in [7, 11) is 0. The van der Waals surface area contributed by atoms with Gasteiger partial charge in [0.25, 0.3) is 0 Å². The van der Waals surface area contributed by atoms with E-state index < -0.39 is 0 Å². The molecule has 2 atom stereocenters. The van der Waals surface area contributed by atoms with Crippen LogP contribution in [-0.4, -0.2) is 10.9 Å². The molecular weight excluding hydrogens is 520 g/mol. The van der Waals surface area contributed by atoms with Gasteiger partial charge in [-0.25, -0.2) is 9.48 Å². The third-order valence-electron chi connectivity index (χ3n) is 8.91. The van der Waals surface area contributed by atoms with E-state index in [2.05, 4.69) is 173 Å². The predicted octanol–water partition coefficient (Wildman–Crippen LogP) is 10.7. The molecule has 6 rings (SSSR count). The molecule has 5 aromatic carbocycles. The molecule has 0 bridgehead atoms. The van der Waals surface area contributed by atoms with E-state index in [-0.39, 0.29) is 12.1 Å². The van der Waals surface area contributed by atoms with Crippen molar-refractivity contribution in [3.8, 4) is 11.1 Å². The van der Waals surface area contributed by atoms with Gasteiger partial charge in [-0.15, -0.1) is 0 Å². The topological polar surface area (TPSA) is 6.25 Å². The second-order valence-electron chi connectivity index (χ2n) is 12.6. The molecule has 1 aliphatic heterocycles. The molecule has 0 radical (unpaired) electrons. The third-order valence-corrected chi connectivity index (χ3v) is 8.91. The van der Waals surface area contributed by atoms with Crippen molar-refractivity contribution in [1.82, 2.24) is 0 Å². The number of rotatable bonds is 6. The van der Waals surface area contributed by atoms with E-state index in [1.807, 2.05) is 0 Å². The summed E-state index contributed by atoms with van der Waals surface area (Å²) in [5.74, 6) is 0.396. The van der Waals surface area contributed by atoms with Gasteiger partial charge in [0.2, 0.25) is 6.34 Å². The molecule has 0 unspecified atom stereocenters. The van der Waals surface area contributed by atoms with Crippen LogP contribution in [0.1, 0.15) is 76.4 Å². The Morgan fingerprint density at radius 2 is 1.14 bits per heavy atom. The smallest absolute Gasteiger partial charge is 0.221 e. The van der Waals surface area contributed by atoms with Gasteiger partial charge in [0.1, 0.15) is 11.4 Å². The van der Waals surface area contributed by atoms with E-state index in [4.69, 9.17) is 0 Å². The number of hydrogen-bond donors (Lipinski definition) is 0. The van der Waals surface area contributed by atoms with Crippen LogP contribution >= 0.6 is 0 Å². The van der Waals surface area contributed by atoms with Crippen molar-refractivity contribution in [1.29, 1.82) is 0 Å².